The molecule has 0 aliphatic heterocycles. The topological polar surface area (TPSA) is 72.0 Å². The summed E-state index contributed by atoms with van der Waals surface area (Å²) >= 11 is 1.28. The van der Waals surface area contributed by atoms with Gasteiger partial charge in [0, 0.05) is 4.88 Å². The van der Waals surface area contributed by atoms with Crippen molar-refractivity contribution >= 4 is 27.5 Å². The van der Waals surface area contributed by atoms with E-state index < -0.39 is 46.5 Å². The molecule has 2 heterocycles. The van der Waals surface area contributed by atoms with E-state index in [9.17, 15) is 27.2 Å². The van der Waals surface area contributed by atoms with Gasteiger partial charge in [0.25, 0.3) is 5.56 Å². The fourth-order valence-electron chi connectivity index (χ4n) is 2.47. The standard InChI is InChI=1S/C17H12F4N2O3S/c1-5-7(3)27-16-10(5)15(24)22-14(23-16)6(2)26-17(25)8-4-9(18)12(20)13(21)11(8)19/h4,6H,1-3H3,(H,22,23,24)/t6-/m0/s1. The number of aryl methyl sites for hydroxylation is 2. The van der Waals surface area contributed by atoms with Crippen molar-refractivity contribution in [3.05, 3.63) is 61.5 Å². The number of H-pyrrole nitrogens is 1. The second-order valence-corrected chi connectivity index (χ2v) is 7.01. The molecule has 5 nitrogen and oxygen atoms in total. The maximum absolute atomic E-state index is 13.7. The van der Waals surface area contributed by atoms with Crippen LogP contribution in [0.1, 0.15) is 39.7 Å². The molecule has 1 N–H and O–H groups in total. The van der Waals surface area contributed by atoms with Gasteiger partial charge in [-0.2, -0.15) is 0 Å². The number of benzene rings is 1. The summed E-state index contributed by atoms with van der Waals surface area (Å²) in [6.45, 7) is 4.93. The molecule has 27 heavy (non-hydrogen) atoms. The van der Waals surface area contributed by atoms with Crippen molar-refractivity contribution in [2.45, 2.75) is 26.9 Å². The molecule has 0 bridgehead atoms. The zero-order valence-electron chi connectivity index (χ0n) is 14.2. The van der Waals surface area contributed by atoms with Gasteiger partial charge in [-0.25, -0.2) is 27.3 Å². The monoisotopic (exact) mass is 400 g/mol. The maximum Gasteiger partial charge on any atom is 0.342 e. The quantitative estimate of drug-likeness (QED) is 0.311. The van der Waals surface area contributed by atoms with Crippen molar-refractivity contribution in [1.29, 1.82) is 0 Å². The summed E-state index contributed by atoms with van der Waals surface area (Å²) < 4.78 is 58.2. The Kier molecular flexibility index (Phi) is 4.77. The predicted octanol–water partition coefficient (Wildman–Crippen LogP) is 4.08. The van der Waals surface area contributed by atoms with Crippen LogP contribution in [0.15, 0.2) is 10.9 Å². The van der Waals surface area contributed by atoms with Crippen molar-refractivity contribution in [2.75, 3.05) is 0 Å². The fraction of sp³-hybridized carbons (Fsp3) is 0.235. The smallest absolute Gasteiger partial charge is 0.342 e. The molecule has 0 fully saturated rings. The van der Waals surface area contributed by atoms with E-state index in [-0.39, 0.29) is 11.9 Å². The first-order valence-corrected chi connectivity index (χ1v) is 8.47. The molecule has 0 amide bonds. The zero-order valence-corrected chi connectivity index (χ0v) is 15.1. The van der Waals surface area contributed by atoms with Crippen molar-refractivity contribution in [3.8, 4) is 0 Å². The molecule has 1 atom stereocenters. The minimum Gasteiger partial charge on any atom is -0.451 e. The Morgan fingerprint density at radius 1 is 1.19 bits per heavy atom. The van der Waals surface area contributed by atoms with Gasteiger partial charge in [-0.1, -0.05) is 0 Å². The van der Waals surface area contributed by atoms with Gasteiger partial charge in [0.1, 0.15) is 10.4 Å². The lowest BCUT2D eigenvalue weighted by Crippen LogP contribution is -2.18. The number of fused-ring (bicyclic) bond motifs is 1. The Bertz CT molecular complexity index is 1140. The van der Waals surface area contributed by atoms with E-state index in [4.69, 9.17) is 4.74 Å². The number of nitrogens with one attached hydrogen (secondary N) is 1. The number of rotatable bonds is 3. The first kappa shape index (κ1) is 19.0. The van der Waals surface area contributed by atoms with E-state index in [2.05, 4.69) is 9.97 Å². The summed E-state index contributed by atoms with van der Waals surface area (Å²) in [7, 11) is 0. The zero-order chi connectivity index (χ0) is 20.0. The Hall–Kier alpha value is -2.75. The Morgan fingerprint density at radius 2 is 1.85 bits per heavy atom. The number of nitrogens with zero attached hydrogens (tertiary/aromatic N) is 1. The third-order valence-corrected chi connectivity index (χ3v) is 5.15. The average Bonchev–Trinajstić information content (AvgIpc) is 2.90. The normalized spacial score (nSPS) is 12.4. The summed E-state index contributed by atoms with van der Waals surface area (Å²) in [5.74, 6) is -9.20. The minimum absolute atomic E-state index is 0.0226. The highest BCUT2D eigenvalue weighted by Gasteiger charge is 2.26. The molecule has 3 aromatic rings. The second kappa shape index (κ2) is 6.76. The Morgan fingerprint density at radius 3 is 2.52 bits per heavy atom. The summed E-state index contributed by atoms with van der Waals surface area (Å²) in [6, 6.07) is 0.203. The third kappa shape index (κ3) is 3.20. The van der Waals surface area contributed by atoms with Gasteiger partial charge in [-0.15, -0.1) is 11.3 Å². The van der Waals surface area contributed by atoms with Crippen molar-refractivity contribution in [1.82, 2.24) is 9.97 Å². The van der Waals surface area contributed by atoms with E-state index in [0.717, 1.165) is 10.4 Å². The summed E-state index contributed by atoms with van der Waals surface area (Å²) in [4.78, 5) is 32.3. The lowest BCUT2D eigenvalue weighted by molar-refractivity contribution is 0.0312. The molecule has 0 aliphatic carbocycles. The van der Waals surface area contributed by atoms with E-state index >= 15 is 0 Å². The predicted molar refractivity (Wildman–Crippen MR) is 89.8 cm³/mol. The number of esters is 1. The number of aromatic nitrogens is 2. The first-order chi connectivity index (χ1) is 12.6. The second-order valence-electron chi connectivity index (χ2n) is 5.81. The molecule has 142 valence electrons. The molecule has 0 spiro atoms. The average molecular weight is 400 g/mol. The molecular formula is C17H12F4N2O3S. The summed E-state index contributed by atoms with van der Waals surface area (Å²) in [5.41, 5.74) is -0.770. The van der Waals surface area contributed by atoms with Crippen LogP contribution in [0, 0.1) is 37.1 Å². The van der Waals surface area contributed by atoms with E-state index in [1.807, 2.05) is 6.92 Å². The van der Waals surface area contributed by atoms with Gasteiger partial charge < -0.3 is 9.72 Å². The molecular weight excluding hydrogens is 388 g/mol. The molecule has 0 radical (unpaired) electrons. The van der Waals surface area contributed by atoms with Crippen LogP contribution in [-0.4, -0.2) is 15.9 Å². The number of halogens is 4. The highest BCUT2D eigenvalue weighted by Crippen LogP contribution is 2.27. The molecule has 0 saturated heterocycles. The summed E-state index contributed by atoms with van der Waals surface area (Å²) in [5, 5.41) is 0.411. The number of hydrogen-bond donors (Lipinski definition) is 1. The Balaban J connectivity index is 1.94. The molecule has 3 rings (SSSR count). The number of carbonyl (C=O) groups excluding carboxylic acids is 1. The third-order valence-electron chi connectivity index (χ3n) is 4.05. The minimum atomic E-state index is -2.12. The van der Waals surface area contributed by atoms with Crippen LogP contribution in [-0.2, 0) is 4.74 Å². The highest BCUT2D eigenvalue weighted by molar-refractivity contribution is 7.18. The van der Waals surface area contributed by atoms with Gasteiger partial charge in [0.15, 0.2) is 35.2 Å². The molecule has 0 unspecified atom stereocenters. The molecule has 0 aliphatic rings. The molecule has 1 aromatic carbocycles. The largest absolute Gasteiger partial charge is 0.451 e. The van der Waals surface area contributed by atoms with Gasteiger partial charge in [-0.3, -0.25) is 4.79 Å². The molecule has 0 saturated carbocycles. The first-order valence-electron chi connectivity index (χ1n) is 7.65. The molecule has 2 aromatic heterocycles. The van der Waals surface area contributed by atoms with Gasteiger partial charge in [0.05, 0.1) is 5.39 Å². The van der Waals surface area contributed by atoms with Crippen LogP contribution in [0.4, 0.5) is 17.6 Å². The van der Waals surface area contributed by atoms with E-state index in [0.29, 0.717) is 10.2 Å². The lowest BCUT2D eigenvalue weighted by Gasteiger charge is -2.13. The van der Waals surface area contributed by atoms with Gasteiger partial charge in [0.2, 0.25) is 0 Å². The van der Waals surface area contributed by atoms with Crippen LogP contribution >= 0.6 is 11.3 Å². The summed E-state index contributed by atoms with van der Waals surface area (Å²) in [6.07, 6.45) is -1.16. The van der Waals surface area contributed by atoms with E-state index in [1.165, 1.54) is 18.3 Å². The van der Waals surface area contributed by atoms with Crippen molar-refractivity contribution in [3.63, 3.8) is 0 Å². The number of ether oxygens (including phenoxy) is 1. The van der Waals surface area contributed by atoms with Gasteiger partial charge in [-0.05, 0) is 32.4 Å². The van der Waals surface area contributed by atoms with Crippen LogP contribution in [0.2, 0.25) is 0 Å². The SMILES string of the molecule is Cc1sc2nc([C@H](C)OC(=O)c3cc(F)c(F)c(F)c3F)[nH]c(=O)c2c1C. The Labute approximate surface area is 153 Å². The van der Waals surface area contributed by atoms with Crippen LogP contribution < -0.4 is 5.56 Å². The number of carbonyl (C=O) groups is 1. The maximum atomic E-state index is 13.7. The van der Waals surface area contributed by atoms with Crippen molar-refractivity contribution in [2.24, 2.45) is 0 Å². The van der Waals surface area contributed by atoms with Crippen LogP contribution in [0.5, 0.6) is 0 Å². The number of thiophene rings is 1. The van der Waals surface area contributed by atoms with Crippen molar-refractivity contribution < 1.29 is 27.1 Å². The highest BCUT2D eigenvalue weighted by atomic mass is 32.1. The van der Waals surface area contributed by atoms with Gasteiger partial charge >= 0.3 is 5.97 Å². The number of hydrogen-bond acceptors (Lipinski definition) is 5. The molecule has 10 heteroatoms. The number of aromatic amines is 1. The van der Waals surface area contributed by atoms with E-state index in [1.54, 1.807) is 6.92 Å². The lowest BCUT2D eigenvalue weighted by atomic mass is 10.2. The van der Waals surface area contributed by atoms with Crippen LogP contribution in [0.25, 0.3) is 10.2 Å². The van der Waals surface area contributed by atoms with Crippen LogP contribution in [0.3, 0.4) is 0 Å². The fourth-order valence-corrected chi connectivity index (χ4v) is 3.50.